The van der Waals surface area contributed by atoms with Gasteiger partial charge in [0.25, 0.3) is 5.91 Å². The zero-order chi connectivity index (χ0) is 11.7. The quantitative estimate of drug-likeness (QED) is 0.700. The molecule has 0 saturated heterocycles. The second-order valence-corrected chi connectivity index (χ2v) is 3.43. The average Bonchev–Trinajstić information content (AvgIpc) is 2.96. The largest absolute Gasteiger partial charge is 0.463 e. The molecule has 6 nitrogen and oxygen atoms in total. The van der Waals surface area contributed by atoms with Gasteiger partial charge < -0.3 is 4.42 Å². The molecular formula is C11H8N4O2. The number of carbonyl (C=O) groups is 1. The molecule has 84 valence electrons. The number of hydrogen-bond donors (Lipinski definition) is 2. The van der Waals surface area contributed by atoms with Gasteiger partial charge >= 0.3 is 0 Å². The number of furan rings is 1. The van der Waals surface area contributed by atoms with Gasteiger partial charge in [-0.3, -0.25) is 10.1 Å². The van der Waals surface area contributed by atoms with Gasteiger partial charge in [0.1, 0.15) is 18.2 Å². The average molecular weight is 228 g/mol. The summed E-state index contributed by atoms with van der Waals surface area (Å²) in [5, 5.41) is 9.56. The van der Waals surface area contributed by atoms with Crippen molar-refractivity contribution < 1.29 is 9.21 Å². The van der Waals surface area contributed by atoms with E-state index in [0.717, 1.165) is 5.39 Å². The SMILES string of the molecule is O=C(Nc1ncn[nH]1)c1coc2ccccc12. The second kappa shape index (κ2) is 3.75. The van der Waals surface area contributed by atoms with E-state index in [1.165, 1.54) is 12.6 Å². The molecule has 0 bridgehead atoms. The van der Waals surface area contributed by atoms with Gasteiger partial charge in [-0.15, -0.1) is 0 Å². The number of aromatic nitrogens is 3. The van der Waals surface area contributed by atoms with Crippen molar-refractivity contribution in [3.05, 3.63) is 42.4 Å². The lowest BCUT2D eigenvalue weighted by Crippen LogP contribution is -2.12. The summed E-state index contributed by atoms with van der Waals surface area (Å²) in [5.74, 6) is 0.0204. The number of benzene rings is 1. The minimum absolute atomic E-state index is 0.285. The fraction of sp³-hybridized carbons (Fsp3) is 0. The summed E-state index contributed by atoms with van der Waals surface area (Å²) < 4.78 is 5.28. The Labute approximate surface area is 95.7 Å². The third-order valence-corrected chi connectivity index (χ3v) is 2.37. The number of hydrogen-bond acceptors (Lipinski definition) is 4. The molecule has 2 N–H and O–H groups in total. The molecule has 6 heteroatoms. The number of nitrogens with one attached hydrogen (secondary N) is 2. The van der Waals surface area contributed by atoms with E-state index in [1.807, 2.05) is 18.2 Å². The van der Waals surface area contributed by atoms with Crippen molar-refractivity contribution in [3.63, 3.8) is 0 Å². The van der Waals surface area contributed by atoms with Crippen molar-refractivity contribution in [2.45, 2.75) is 0 Å². The maximum Gasteiger partial charge on any atom is 0.261 e. The summed E-state index contributed by atoms with van der Waals surface area (Å²) in [6.45, 7) is 0. The molecule has 0 aliphatic heterocycles. The Balaban J connectivity index is 1.96. The number of para-hydroxylation sites is 1. The van der Waals surface area contributed by atoms with E-state index in [0.29, 0.717) is 17.1 Å². The fourth-order valence-electron chi connectivity index (χ4n) is 1.59. The van der Waals surface area contributed by atoms with Gasteiger partial charge in [0.15, 0.2) is 0 Å². The number of nitrogens with zero attached hydrogens (tertiary/aromatic N) is 2. The fourth-order valence-corrected chi connectivity index (χ4v) is 1.59. The van der Waals surface area contributed by atoms with Gasteiger partial charge in [-0.25, -0.2) is 5.10 Å². The van der Waals surface area contributed by atoms with Crippen molar-refractivity contribution >= 4 is 22.8 Å². The smallest absolute Gasteiger partial charge is 0.261 e. The standard InChI is InChI=1S/C11H8N4O2/c16-10(14-11-12-6-13-15-11)8-5-17-9-4-2-1-3-7(8)9/h1-6H,(H2,12,13,14,15,16). The molecule has 2 aromatic heterocycles. The van der Waals surface area contributed by atoms with Crippen molar-refractivity contribution in [2.24, 2.45) is 0 Å². The maximum atomic E-state index is 11.9. The van der Waals surface area contributed by atoms with Gasteiger partial charge in [-0.2, -0.15) is 10.1 Å². The minimum Gasteiger partial charge on any atom is -0.463 e. The van der Waals surface area contributed by atoms with Crippen LogP contribution in [0.5, 0.6) is 0 Å². The van der Waals surface area contributed by atoms with Gasteiger partial charge in [0.2, 0.25) is 5.95 Å². The Bertz CT molecular complexity index is 657. The molecular weight excluding hydrogens is 220 g/mol. The van der Waals surface area contributed by atoms with Gasteiger partial charge in [-0.1, -0.05) is 18.2 Å². The van der Waals surface area contributed by atoms with Crippen LogP contribution in [0.25, 0.3) is 11.0 Å². The molecule has 2 heterocycles. The Hall–Kier alpha value is -2.63. The van der Waals surface area contributed by atoms with Crippen molar-refractivity contribution in [3.8, 4) is 0 Å². The van der Waals surface area contributed by atoms with E-state index < -0.39 is 0 Å². The molecule has 3 aromatic rings. The van der Waals surface area contributed by atoms with Gasteiger partial charge in [0.05, 0.1) is 5.56 Å². The van der Waals surface area contributed by atoms with Crippen molar-refractivity contribution in [1.29, 1.82) is 0 Å². The molecule has 3 rings (SSSR count). The molecule has 0 saturated carbocycles. The van der Waals surface area contributed by atoms with Gasteiger partial charge in [-0.05, 0) is 6.07 Å². The Morgan fingerprint density at radius 3 is 3.06 bits per heavy atom. The summed E-state index contributed by atoms with van der Waals surface area (Å²) in [7, 11) is 0. The zero-order valence-corrected chi connectivity index (χ0v) is 8.68. The molecule has 1 amide bonds. The minimum atomic E-state index is -0.285. The molecule has 0 fully saturated rings. The lowest BCUT2D eigenvalue weighted by Gasteiger charge is -1.98. The number of amides is 1. The van der Waals surface area contributed by atoms with E-state index in [2.05, 4.69) is 20.5 Å². The van der Waals surface area contributed by atoms with Crippen molar-refractivity contribution in [2.75, 3.05) is 5.32 Å². The maximum absolute atomic E-state index is 11.9. The molecule has 1 aromatic carbocycles. The Morgan fingerprint density at radius 2 is 2.24 bits per heavy atom. The first-order valence-corrected chi connectivity index (χ1v) is 4.97. The molecule has 0 atom stereocenters. The molecule has 17 heavy (non-hydrogen) atoms. The molecule has 0 aliphatic carbocycles. The van der Waals surface area contributed by atoms with Crippen LogP contribution in [-0.2, 0) is 0 Å². The van der Waals surface area contributed by atoms with Crippen LogP contribution >= 0.6 is 0 Å². The van der Waals surface area contributed by atoms with Crippen LogP contribution in [0.15, 0.2) is 41.3 Å². The topological polar surface area (TPSA) is 83.8 Å². The van der Waals surface area contributed by atoms with Crippen molar-refractivity contribution in [1.82, 2.24) is 15.2 Å². The number of H-pyrrole nitrogens is 1. The van der Waals surface area contributed by atoms with Crippen LogP contribution in [0.1, 0.15) is 10.4 Å². The first-order chi connectivity index (χ1) is 8.34. The summed E-state index contributed by atoms with van der Waals surface area (Å²) >= 11 is 0. The highest BCUT2D eigenvalue weighted by atomic mass is 16.3. The molecule has 0 unspecified atom stereocenters. The highest BCUT2D eigenvalue weighted by Gasteiger charge is 2.14. The first-order valence-electron chi connectivity index (χ1n) is 4.97. The number of carbonyl (C=O) groups excluding carboxylic acids is 1. The number of aromatic amines is 1. The highest BCUT2D eigenvalue weighted by Crippen LogP contribution is 2.21. The van der Waals surface area contributed by atoms with Crippen LogP contribution in [0.2, 0.25) is 0 Å². The summed E-state index contributed by atoms with van der Waals surface area (Å²) in [6, 6.07) is 7.34. The van der Waals surface area contributed by atoms with Gasteiger partial charge in [0, 0.05) is 5.39 Å². The second-order valence-electron chi connectivity index (χ2n) is 3.43. The number of fused-ring (bicyclic) bond motifs is 1. The lowest BCUT2D eigenvalue weighted by atomic mass is 10.2. The predicted octanol–water partition coefficient (Wildman–Crippen LogP) is 1.80. The predicted molar refractivity (Wildman–Crippen MR) is 60.5 cm³/mol. The van der Waals surface area contributed by atoms with E-state index in [1.54, 1.807) is 6.07 Å². The van der Waals surface area contributed by atoms with E-state index in [-0.39, 0.29) is 5.91 Å². The Kier molecular flexibility index (Phi) is 2.11. The summed E-state index contributed by atoms with van der Waals surface area (Å²) in [6.07, 6.45) is 2.75. The summed E-state index contributed by atoms with van der Waals surface area (Å²) in [4.78, 5) is 15.7. The third-order valence-electron chi connectivity index (χ3n) is 2.37. The number of rotatable bonds is 2. The molecule has 0 spiro atoms. The highest BCUT2D eigenvalue weighted by molar-refractivity contribution is 6.11. The summed E-state index contributed by atoms with van der Waals surface area (Å²) in [5.41, 5.74) is 1.15. The molecule has 0 aliphatic rings. The third kappa shape index (κ3) is 1.65. The van der Waals surface area contributed by atoms with E-state index in [4.69, 9.17) is 4.42 Å². The van der Waals surface area contributed by atoms with Crippen LogP contribution in [0, 0.1) is 0 Å². The van der Waals surface area contributed by atoms with E-state index in [9.17, 15) is 4.79 Å². The first kappa shape index (κ1) is 9.59. The van der Waals surface area contributed by atoms with Crippen LogP contribution in [-0.4, -0.2) is 21.1 Å². The molecule has 0 radical (unpaired) electrons. The monoisotopic (exact) mass is 228 g/mol. The van der Waals surface area contributed by atoms with E-state index >= 15 is 0 Å². The normalized spacial score (nSPS) is 10.6. The van der Waals surface area contributed by atoms with Crippen LogP contribution in [0.4, 0.5) is 5.95 Å². The van der Waals surface area contributed by atoms with Crippen LogP contribution < -0.4 is 5.32 Å². The lowest BCUT2D eigenvalue weighted by molar-refractivity contribution is 0.102. The zero-order valence-electron chi connectivity index (χ0n) is 8.68. The van der Waals surface area contributed by atoms with Crippen LogP contribution in [0.3, 0.4) is 0 Å². The number of anilines is 1. The Morgan fingerprint density at radius 1 is 1.35 bits per heavy atom.